The number of anilines is 6. The first-order chi connectivity index (χ1) is 71.7. The van der Waals surface area contributed by atoms with Gasteiger partial charge in [-0.2, -0.15) is 0 Å². The third-order valence-corrected chi connectivity index (χ3v) is 26.9. The normalized spacial score (nSPS) is 11.6. The number of halogens is 2. The topological polar surface area (TPSA) is 319 Å². The molecule has 0 spiro atoms. The molecule has 0 unspecified atom stereocenters. The monoisotopic (exact) mass is 2100 g/mol. The van der Waals surface area contributed by atoms with Gasteiger partial charge in [-0.3, -0.25) is 53.4 Å². The Morgan fingerprint density at radius 3 is 0.960 bits per heavy atom. The molecule has 7 N–H and O–H groups in total. The molecule has 22 rings (SSSR count). The minimum Gasteiger partial charge on any atom is -0.387 e. The van der Waals surface area contributed by atoms with E-state index in [-0.39, 0.29) is 55.6 Å². The molecule has 2 fully saturated rings. The lowest BCUT2D eigenvalue weighted by atomic mass is 10.1. The van der Waals surface area contributed by atoms with Gasteiger partial charge in [-0.05, 0) is 324 Å². The van der Waals surface area contributed by atoms with Crippen LogP contribution in [0.3, 0.4) is 0 Å². The molecule has 2 saturated carbocycles. The van der Waals surface area contributed by atoms with Gasteiger partial charge in [0.15, 0.2) is 0 Å². The Kier molecular flexibility index (Phi) is 37.0. The largest absolute Gasteiger partial charge is 0.387 e. The summed E-state index contributed by atoms with van der Waals surface area (Å²) in [4.78, 5) is 119. The summed E-state index contributed by atoms with van der Waals surface area (Å²) in [6, 6.07) is 74.2. The lowest BCUT2D eigenvalue weighted by Crippen LogP contribution is -2.22. The van der Waals surface area contributed by atoms with E-state index in [4.69, 9.17) is 17.0 Å². The number of aryl methyl sites for hydroxylation is 13. The number of hydrogen-bond donors (Lipinski definition) is 7. The minimum atomic E-state index is -0.0305. The second-order valence-electron chi connectivity index (χ2n) is 37.9. The number of nitrogens with one attached hydrogen (secondary N) is 7. The molecule has 10 heterocycles. The maximum atomic E-state index is 11.9. The van der Waals surface area contributed by atoms with Gasteiger partial charge in [0.1, 0.15) is 5.84 Å². The Morgan fingerprint density at radius 1 is 0.320 bits per heavy atom. The molecule has 0 bridgehead atoms. The van der Waals surface area contributed by atoms with Crippen molar-refractivity contribution in [2.24, 2.45) is 76.4 Å². The van der Waals surface area contributed by atoms with Crippen molar-refractivity contribution in [2.75, 3.05) is 79.7 Å². The Balaban J connectivity index is 0.000000139. The maximum absolute atomic E-state index is 11.9. The van der Waals surface area contributed by atoms with Gasteiger partial charge in [0.05, 0.1) is 10.7 Å². The zero-order valence-corrected chi connectivity index (χ0v) is 90.6. The van der Waals surface area contributed by atoms with Gasteiger partial charge < -0.3 is 82.5 Å². The molecule has 10 aromatic heterocycles. The first-order valence-corrected chi connectivity index (χ1v) is 50.7. The Bertz CT molecular complexity index is 8890. The van der Waals surface area contributed by atoms with Crippen LogP contribution in [0, 0.1) is 32.1 Å². The second-order valence-corrected chi connectivity index (χ2v) is 39.1. The molecule has 2 aliphatic rings. The van der Waals surface area contributed by atoms with Gasteiger partial charge in [0.2, 0.25) is 0 Å². The zero-order chi connectivity index (χ0) is 108. The van der Waals surface area contributed by atoms with Crippen LogP contribution in [0.1, 0.15) is 68.2 Å². The van der Waals surface area contributed by atoms with E-state index in [1.165, 1.54) is 41.4 Å². The van der Waals surface area contributed by atoms with E-state index in [2.05, 4.69) is 66.9 Å². The van der Waals surface area contributed by atoms with Crippen LogP contribution < -0.4 is 87.5 Å². The lowest BCUT2D eigenvalue weighted by Gasteiger charge is -2.14. The number of nitrogens with zero attached hydrogens (tertiary/aromatic N) is 11. The fourth-order valence-electron chi connectivity index (χ4n) is 16.6. The highest BCUT2D eigenvalue weighted by Gasteiger charge is 2.22. The van der Waals surface area contributed by atoms with E-state index in [1.807, 2.05) is 267 Å². The first-order valence-electron chi connectivity index (χ1n) is 49.6. The molecule has 28 nitrogen and oxygen atoms in total. The lowest BCUT2D eigenvalue weighted by molar-refractivity contribution is 0.619. The number of rotatable bonds is 13. The molecule has 0 amide bonds. The molecular weight excluding hydrogens is 1970 g/mol. The highest BCUT2D eigenvalue weighted by atomic mass is 79.9. The Morgan fingerprint density at radius 2 is 0.607 bits per heavy atom. The third kappa shape index (κ3) is 27.8. The van der Waals surface area contributed by atoms with Crippen molar-refractivity contribution in [3.63, 3.8) is 0 Å². The quantitative estimate of drug-likeness (QED) is 0.0417. The van der Waals surface area contributed by atoms with Crippen molar-refractivity contribution in [1.82, 2.24) is 50.6 Å². The number of fused-ring (bicyclic) bond motifs is 10. The molecule has 2 aliphatic carbocycles. The molecule has 0 radical (unpaired) electrons. The highest BCUT2D eigenvalue weighted by Crippen LogP contribution is 2.32. The summed E-state index contributed by atoms with van der Waals surface area (Å²) in [7, 11) is 24.9. The van der Waals surface area contributed by atoms with E-state index in [0.717, 1.165) is 179 Å². The minimum absolute atomic E-state index is 0.00886. The van der Waals surface area contributed by atoms with Crippen molar-refractivity contribution in [1.29, 1.82) is 5.41 Å². The van der Waals surface area contributed by atoms with Crippen LogP contribution in [0.15, 0.2) is 345 Å². The van der Waals surface area contributed by atoms with Crippen molar-refractivity contribution < 1.29 is 0 Å². The Hall–Kier alpha value is -16.7. The van der Waals surface area contributed by atoms with Crippen LogP contribution >= 0.6 is 27.5 Å². The van der Waals surface area contributed by atoms with Gasteiger partial charge in [-0.15, -0.1) is 0 Å². The first kappa shape index (κ1) is 111. The number of pyridine rings is 10. The summed E-state index contributed by atoms with van der Waals surface area (Å²) in [5, 5.41) is 45.2. The fraction of sp³-hybridized carbons (Fsp3) is 0.242. The average Bonchev–Trinajstić information content (AvgIpc) is 1.11. The van der Waals surface area contributed by atoms with Crippen molar-refractivity contribution >= 4 is 175 Å². The van der Waals surface area contributed by atoms with Gasteiger partial charge in [-0.25, -0.2) is 0 Å². The summed E-state index contributed by atoms with van der Waals surface area (Å²) in [6.07, 6.45) is 24.2. The molecule has 0 atom stereocenters. The fourth-order valence-corrected chi connectivity index (χ4v) is 17.4. The molecule has 30 heteroatoms. The zero-order valence-electron chi connectivity index (χ0n) is 88.3. The van der Waals surface area contributed by atoms with Crippen LogP contribution in [0.4, 0.5) is 34.1 Å². The molecule has 150 heavy (non-hydrogen) atoms. The van der Waals surface area contributed by atoms with E-state index in [0.29, 0.717) is 27.7 Å². The number of aromatic nitrogens is 10. The van der Waals surface area contributed by atoms with Crippen molar-refractivity contribution in [2.45, 2.75) is 72.8 Å². The van der Waals surface area contributed by atoms with E-state index < -0.39 is 0 Å². The van der Waals surface area contributed by atoms with Crippen molar-refractivity contribution in [3.05, 3.63) is 428 Å². The average molecular weight is 2100 g/mol. The summed E-state index contributed by atoms with van der Waals surface area (Å²) in [5.41, 5.74) is 10.9. The summed E-state index contributed by atoms with van der Waals surface area (Å²) in [5.74, 6) is 1.29. The van der Waals surface area contributed by atoms with Gasteiger partial charge >= 0.3 is 0 Å². The van der Waals surface area contributed by atoms with Crippen molar-refractivity contribution in [3.8, 4) is 0 Å². The summed E-state index contributed by atoms with van der Waals surface area (Å²) >= 11 is 9.44. The van der Waals surface area contributed by atoms with Gasteiger partial charge in [-0.1, -0.05) is 77.7 Å². The molecule has 0 saturated heterocycles. The van der Waals surface area contributed by atoms with Crippen LogP contribution in [0.25, 0.3) is 108 Å². The van der Waals surface area contributed by atoms with Gasteiger partial charge in [0, 0.05) is 279 Å². The van der Waals surface area contributed by atoms with E-state index in [9.17, 15) is 47.9 Å². The number of amidine groups is 1. The van der Waals surface area contributed by atoms with Crippen LogP contribution in [-0.4, -0.2) is 110 Å². The second kappa shape index (κ2) is 50.2. The molecule has 20 aromatic rings. The number of benzene rings is 10. The molecule has 0 aliphatic heterocycles. The predicted molar refractivity (Wildman–Crippen MR) is 629 cm³/mol. The predicted octanol–water partition coefficient (Wildman–Crippen LogP) is 20.3. The van der Waals surface area contributed by atoms with Crippen LogP contribution in [0.5, 0.6) is 0 Å². The van der Waals surface area contributed by atoms with Gasteiger partial charge in [0.25, 0.3) is 55.6 Å². The standard InChI is InChI=1S/C14H16N2O.C13H15N3O.C13H14N2O.C13H16N2O.C12H14N2O.C11H11BrN2O.C11H11ClN2O.3C11H11NO/c1-16-7-6-11-8-12(15-9-10-2-3-10)4-5-13(11)14(16)17;1-15(2)12(14)10-4-5-11-9(8-10)6-7-16(3)13(11)17;1-15-7-6-9-8-11(14-10-2-3-10)4-5-12(9)13(15)16;1-3-7-14-11-4-5-12-10(9-11)6-8-15(2)13(12)16;1-3-13-10-4-5-11-9(8-10)6-7-14(2)12(11)15;2*1-13-10-5-7-3-4-14(2)11(15)8(7)6-9(10)12;2*1-8-3-4-10-9(7-8)5-6-12(2)11(10)13;1-8-3-4-9-5-6-12(2)11(13)10(9)7-8/h4-8,10,15H,2-3,9H2,1H3;4-8,14H,1-3H3;4-8,10,14H,2-3H2,1H3;4-6,8-9,14H,3,7H2,1-2H3;4-8,13H,3H2,1-2H3;2*3-6,13H,1-2H3;3*3-7H,1-2H3. The number of hydrogen-bond acceptors (Lipinski definition) is 17. The van der Waals surface area contributed by atoms with E-state index in [1.54, 1.807) is 185 Å². The summed E-state index contributed by atoms with van der Waals surface area (Å²) < 4.78 is 16.8. The smallest absolute Gasteiger partial charge is 0.258 e. The summed E-state index contributed by atoms with van der Waals surface area (Å²) in [6.45, 7) is 13.1. The van der Waals surface area contributed by atoms with Crippen LogP contribution in [-0.2, 0) is 70.5 Å². The molecule has 774 valence electrons. The van der Waals surface area contributed by atoms with E-state index >= 15 is 0 Å². The maximum Gasteiger partial charge on any atom is 0.258 e. The molecular formula is C120H130BrClN18O10. The third-order valence-electron chi connectivity index (χ3n) is 25.9. The van der Waals surface area contributed by atoms with Crippen LogP contribution in [0.2, 0.25) is 5.02 Å². The highest BCUT2D eigenvalue weighted by molar-refractivity contribution is 9.10. The Labute approximate surface area is 882 Å². The molecule has 10 aromatic carbocycles. The SMILES string of the molecule is CCCNc1ccc2c(=O)n(C)ccc2c1.CCNc1ccc2c(=O)n(C)ccc2c1.CN(C)C(=N)c1ccc2c(=O)n(C)ccc2c1.CNc1cc2ccn(C)c(=O)c2cc1Br.CNc1cc2ccn(C)c(=O)c2cc1Cl.Cc1ccc2c(=O)n(C)ccc2c1.Cc1ccc2c(=O)n(C)ccc2c1.Cc1ccc2ccn(C)c(=O)c2c1.Cn1ccc2cc(NC3CC3)ccc2c1=O.Cn1ccc2cc(NCC3CC3)ccc2c1=O.